The number of likely N-dealkylation sites (tertiary alicyclic amines) is 1. The summed E-state index contributed by atoms with van der Waals surface area (Å²) in [7, 11) is 0. The van der Waals surface area contributed by atoms with E-state index in [1.165, 1.54) is 0 Å². The molecule has 0 bridgehead atoms. The lowest BCUT2D eigenvalue weighted by molar-refractivity contribution is 0.0619. The molecule has 100 valence electrons. The Hall–Kier alpha value is -1.81. The van der Waals surface area contributed by atoms with Gasteiger partial charge in [-0.25, -0.2) is 0 Å². The van der Waals surface area contributed by atoms with E-state index in [0.717, 1.165) is 35.9 Å². The maximum atomic E-state index is 12.6. The van der Waals surface area contributed by atoms with E-state index >= 15 is 0 Å². The van der Waals surface area contributed by atoms with E-state index in [0.29, 0.717) is 0 Å². The maximum Gasteiger partial charge on any atom is 0.254 e. The molecule has 2 unspecified atom stereocenters. The van der Waals surface area contributed by atoms with Crippen molar-refractivity contribution in [2.24, 2.45) is 5.73 Å². The van der Waals surface area contributed by atoms with Crippen LogP contribution >= 0.6 is 0 Å². The average Bonchev–Trinajstić information content (AvgIpc) is 2.85. The highest BCUT2D eigenvalue weighted by Crippen LogP contribution is 2.21. The van der Waals surface area contributed by atoms with E-state index in [4.69, 9.17) is 5.73 Å². The largest absolute Gasteiger partial charge is 0.361 e. The van der Waals surface area contributed by atoms with Crippen molar-refractivity contribution in [3.63, 3.8) is 0 Å². The van der Waals surface area contributed by atoms with E-state index in [9.17, 15) is 4.79 Å². The molecule has 1 fully saturated rings. The van der Waals surface area contributed by atoms with Gasteiger partial charge in [-0.1, -0.05) is 6.07 Å². The summed E-state index contributed by atoms with van der Waals surface area (Å²) in [4.78, 5) is 17.6. The third-order valence-electron chi connectivity index (χ3n) is 3.98. The normalized spacial score (nSPS) is 23.8. The van der Waals surface area contributed by atoms with E-state index in [1.807, 2.05) is 35.4 Å². The van der Waals surface area contributed by atoms with Crippen molar-refractivity contribution in [2.45, 2.75) is 31.8 Å². The number of nitrogens with zero attached hydrogens (tertiary/aromatic N) is 1. The molecule has 1 amide bonds. The van der Waals surface area contributed by atoms with Crippen molar-refractivity contribution >= 4 is 16.8 Å². The molecule has 1 aromatic carbocycles. The number of nitrogens with two attached hydrogens (primary N) is 1. The summed E-state index contributed by atoms with van der Waals surface area (Å²) in [6, 6.07) is 8.27. The lowest BCUT2D eigenvalue weighted by atomic mass is 9.98. The molecule has 2 heterocycles. The van der Waals surface area contributed by atoms with Gasteiger partial charge in [-0.15, -0.1) is 0 Å². The second-order valence-corrected chi connectivity index (χ2v) is 5.41. The minimum atomic E-state index is 0.107. The summed E-state index contributed by atoms with van der Waals surface area (Å²) in [5.74, 6) is 0.107. The molecule has 1 aromatic heterocycles. The molecular weight excluding hydrogens is 238 g/mol. The number of amides is 1. The van der Waals surface area contributed by atoms with Crippen LogP contribution in [0.4, 0.5) is 0 Å². The van der Waals surface area contributed by atoms with Crippen molar-refractivity contribution in [3.8, 4) is 0 Å². The van der Waals surface area contributed by atoms with Crippen LogP contribution in [0.3, 0.4) is 0 Å². The fourth-order valence-electron chi connectivity index (χ4n) is 2.86. The van der Waals surface area contributed by atoms with Crippen LogP contribution in [-0.2, 0) is 0 Å². The smallest absolute Gasteiger partial charge is 0.254 e. The number of carbonyl (C=O) groups excluding carboxylic acids is 1. The zero-order chi connectivity index (χ0) is 13.4. The number of aromatic amines is 1. The SMILES string of the molecule is CC1CC(N)CCN1C(=O)c1ccc2cc[nH]c2c1. The quantitative estimate of drug-likeness (QED) is 0.822. The van der Waals surface area contributed by atoms with Gasteiger partial charge >= 0.3 is 0 Å². The van der Waals surface area contributed by atoms with Crippen molar-refractivity contribution in [2.75, 3.05) is 6.54 Å². The van der Waals surface area contributed by atoms with Crippen molar-refractivity contribution in [1.82, 2.24) is 9.88 Å². The first-order chi connectivity index (χ1) is 9.15. The second kappa shape index (κ2) is 4.70. The van der Waals surface area contributed by atoms with Crippen LogP contribution in [-0.4, -0.2) is 34.4 Å². The first-order valence-corrected chi connectivity index (χ1v) is 6.79. The predicted octanol–water partition coefficient (Wildman–Crippen LogP) is 2.12. The number of carbonyl (C=O) groups is 1. The van der Waals surface area contributed by atoms with Crippen LogP contribution < -0.4 is 5.73 Å². The highest BCUT2D eigenvalue weighted by molar-refractivity contribution is 5.98. The number of nitrogens with one attached hydrogen (secondary N) is 1. The van der Waals surface area contributed by atoms with Gasteiger partial charge in [0, 0.05) is 35.9 Å². The molecule has 0 spiro atoms. The minimum Gasteiger partial charge on any atom is -0.361 e. The summed E-state index contributed by atoms with van der Waals surface area (Å²) in [6.45, 7) is 2.83. The zero-order valence-corrected chi connectivity index (χ0v) is 11.1. The molecule has 1 aliphatic rings. The molecule has 3 N–H and O–H groups in total. The number of rotatable bonds is 1. The maximum absolute atomic E-state index is 12.6. The van der Waals surface area contributed by atoms with Crippen LogP contribution in [0.15, 0.2) is 30.5 Å². The van der Waals surface area contributed by atoms with Crippen LogP contribution in [0, 0.1) is 0 Å². The Morgan fingerprint density at radius 1 is 1.42 bits per heavy atom. The Morgan fingerprint density at radius 3 is 3.05 bits per heavy atom. The number of piperidine rings is 1. The molecule has 3 rings (SSSR count). The number of fused-ring (bicyclic) bond motifs is 1. The fraction of sp³-hybridized carbons (Fsp3) is 0.400. The zero-order valence-electron chi connectivity index (χ0n) is 11.1. The molecule has 1 aliphatic heterocycles. The van der Waals surface area contributed by atoms with Crippen LogP contribution in [0.25, 0.3) is 10.9 Å². The van der Waals surface area contributed by atoms with E-state index in [1.54, 1.807) is 0 Å². The third-order valence-corrected chi connectivity index (χ3v) is 3.98. The van der Waals surface area contributed by atoms with Gasteiger partial charge in [-0.05, 0) is 43.4 Å². The molecule has 2 atom stereocenters. The van der Waals surface area contributed by atoms with E-state index in [-0.39, 0.29) is 18.0 Å². The van der Waals surface area contributed by atoms with Gasteiger partial charge < -0.3 is 15.6 Å². The molecule has 0 aliphatic carbocycles. The molecule has 4 heteroatoms. The monoisotopic (exact) mass is 257 g/mol. The van der Waals surface area contributed by atoms with Crippen molar-refractivity contribution < 1.29 is 4.79 Å². The third kappa shape index (κ3) is 2.24. The molecule has 0 radical (unpaired) electrons. The molecule has 1 saturated heterocycles. The highest BCUT2D eigenvalue weighted by atomic mass is 16.2. The molecule has 0 saturated carbocycles. The van der Waals surface area contributed by atoms with Gasteiger partial charge in [0.25, 0.3) is 5.91 Å². The highest BCUT2D eigenvalue weighted by Gasteiger charge is 2.27. The van der Waals surface area contributed by atoms with Crippen LogP contribution in [0.5, 0.6) is 0 Å². The summed E-state index contributed by atoms with van der Waals surface area (Å²) in [6.07, 6.45) is 3.67. The van der Waals surface area contributed by atoms with E-state index in [2.05, 4.69) is 11.9 Å². The average molecular weight is 257 g/mol. The first-order valence-electron chi connectivity index (χ1n) is 6.79. The summed E-state index contributed by atoms with van der Waals surface area (Å²) in [5.41, 5.74) is 7.70. The second-order valence-electron chi connectivity index (χ2n) is 5.41. The van der Waals surface area contributed by atoms with Gasteiger partial charge in [0.15, 0.2) is 0 Å². The lowest BCUT2D eigenvalue weighted by Crippen LogP contribution is -2.48. The predicted molar refractivity (Wildman–Crippen MR) is 76.0 cm³/mol. The van der Waals surface area contributed by atoms with E-state index < -0.39 is 0 Å². The number of H-pyrrole nitrogens is 1. The molecule has 2 aromatic rings. The van der Waals surface area contributed by atoms with Gasteiger partial charge in [-0.3, -0.25) is 4.79 Å². The standard InChI is InChI=1S/C15H19N3O/c1-10-8-13(16)5-7-18(10)15(19)12-3-2-11-4-6-17-14(11)9-12/h2-4,6,9-10,13,17H,5,7-8,16H2,1H3. The number of benzene rings is 1. The van der Waals surface area contributed by atoms with Gasteiger partial charge in [-0.2, -0.15) is 0 Å². The van der Waals surface area contributed by atoms with Gasteiger partial charge in [0.05, 0.1) is 0 Å². The Labute approximate surface area is 112 Å². The summed E-state index contributed by atoms with van der Waals surface area (Å²) in [5, 5.41) is 1.13. The topological polar surface area (TPSA) is 62.1 Å². The minimum absolute atomic E-state index is 0.107. The van der Waals surface area contributed by atoms with Crippen molar-refractivity contribution in [1.29, 1.82) is 0 Å². The molecule has 19 heavy (non-hydrogen) atoms. The fourth-order valence-corrected chi connectivity index (χ4v) is 2.86. The Bertz CT molecular complexity index is 604. The molecular formula is C15H19N3O. The Kier molecular flexibility index (Phi) is 3.03. The summed E-state index contributed by atoms with van der Waals surface area (Å²) >= 11 is 0. The molecule has 4 nitrogen and oxygen atoms in total. The lowest BCUT2D eigenvalue weighted by Gasteiger charge is -2.36. The van der Waals surface area contributed by atoms with Crippen LogP contribution in [0.2, 0.25) is 0 Å². The van der Waals surface area contributed by atoms with Gasteiger partial charge in [0.2, 0.25) is 0 Å². The number of hydrogen-bond donors (Lipinski definition) is 2. The first kappa shape index (κ1) is 12.2. The van der Waals surface area contributed by atoms with Gasteiger partial charge in [0.1, 0.15) is 0 Å². The Morgan fingerprint density at radius 2 is 2.26 bits per heavy atom. The van der Waals surface area contributed by atoms with Crippen molar-refractivity contribution in [3.05, 3.63) is 36.0 Å². The van der Waals surface area contributed by atoms with Crippen LogP contribution in [0.1, 0.15) is 30.1 Å². The Balaban J connectivity index is 1.86. The number of aromatic nitrogens is 1. The summed E-state index contributed by atoms with van der Waals surface area (Å²) < 4.78 is 0. The number of hydrogen-bond acceptors (Lipinski definition) is 2.